The summed E-state index contributed by atoms with van der Waals surface area (Å²) in [6.07, 6.45) is -3.92. The SMILES string of the molecule is Cc1ccc([C@@H]2C[C@H](C(F)(F)F)n3ncc(C(=O)[O-])c3N2)cc1. The van der Waals surface area contributed by atoms with Gasteiger partial charge in [-0.1, -0.05) is 29.8 Å². The van der Waals surface area contributed by atoms with Crippen molar-refractivity contribution in [2.24, 2.45) is 0 Å². The van der Waals surface area contributed by atoms with Crippen LogP contribution >= 0.6 is 0 Å². The average Bonchev–Trinajstić information content (AvgIpc) is 2.89. The number of aryl methyl sites for hydroxylation is 1. The van der Waals surface area contributed by atoms with Gasteiger partial charge in [0.2, 0.25) is 0 Å². The number of alkyl halides is 3. The first kappa shape index (κ1) is 15.4. The molecule has 1 aliphatic heterocycles. The Hall–Kier alpha value is -2.51. The summed E-state index contributed by atoms with van der Waals surface area (Å²) < 4.78 is 40.7. The van der Waals surface area contributed by atoms with E-state index in [4.69, 9.17) is 0 Å². The average molecular weight is 324 g/mol. The minimum Gasteiger partial charge on any atom is -0.545 e. The van der Waals surface area contributed by atoms with Gasteiger partial charge in [0.05, 0.1) is 23.8 Å². The molecule has 0 aliphatic carbocycles. The number of anilines is 1. The van der Waals surface area contributed by atoms with Crippen LogP contribution in [0.15, 0.2) is 30.5 Å². The molecule has 1 aromatic carbocycles. The quantitative estimate of drug-likeness (QED) is 0.919. The van der Waals surface area contributed by atoms with E-state index in [9.17, 15) is 23.1 Å². The fourth-order valence-electron chi connectivity index (χ4n) is 2.73. The Morgan fingerprint density at radius 2 is 2.00 bits per heavy atom. The number of hydrogen-bond acceptors (Lipinski definition) is 4. The van der Waals surface area contributed by atoms with E-state index in [1.165, 1.54) is 0 Å². The highest BCUT2D eigenvalue weighted by molar-refractivity contribution is 5.91. The smallest absolute Gasteiger partial charge is 0.410 e. The van der Waals surface area contributed by atoms with Crippen LogP contribution in [-0.4, -0.2) is 21.9 Å². The third-order valence-electron chi connectivity index (χ3n) is 3.94. The highest BCUT2D eigenvalue weighted by Crippen LogP contribution is 2.44. The molecule has 0 bridgehead atoms. The first-order valence-corrected chi connectivity index (χ1v) is 6.96. The molecule has 0 radical (unpaired) electrons. The molecular formula is C15H13F3N3O2-. The van der Waals surface area contributed by atoms with Crippen molar-refractivity contribution in [2.75, 3.05) is 5.32 Å². The molecule has 1 N–H and O–H groups in total. The van der Waals surface area contributed by atoms with Crippen molar-refractivity contribution < 1.29 is 23.1 Å². The summed E-state index contributed by atoms with van der Waals surface area (Å²) in [6, 6.07) is 4.50. The molecule has 8 heteroatoms. The fourth-order valence-corrected chi connectivity index (χ4v) is 2.73. The summed E-state index contributed by atoms with van der Waals surface area (Å²) in [4.78, 5) is 11.1. The van der Waals surface area contributed by atoms with Gasteiger partial charge >= 0.3 is 6.18 Å². The monoisotopic (exact) mass is 324 g/mol. The molecule has 0 spiro atoms. The van der Waals surface area contributed by atoms with E-state index >= 15 is 0 Å². The second-order valence-electron chi connectivity index (χ2n) is 5.54. The molecular weight excluding hydrogens is 311 g/mol. The third kappa shape index (κ3) is 2.76. The summed E-state index contributed by atoms with van der Waals surface area (Å²) in [5.41, 5.74) is 1.26. The lowest BCUT2D eigenvalue weighted by Crippen LogP contribution is -2.36. The molecule has 0 saturated heterocycles. The van der Waals surface area contributed by atoms with Crippen LogP contribution < -0.4 is 10.4 Å². The Morgan fingerprint density at radius 1 is 1.35 bits per heavy atom. The predicted molar refractivity (Wildman–Crippen MR) is 73.8 cm³/mol. The molecule has 122 valence electrons. The van der Waals surface area contributed by atoms with Crippen molar-refractivity contribution in [2.45, 2.75) is 31.6 Å². The van der Waals surface area contributed by atoms with Gasteiger partial charge in [0.1, 0.15) is 5.82 Å². The normalized spacial score (nSPS) is 20.7. The van der Waals surface area contributed by atoms with E-state index in [1.54, 1.807) is 24.3 Å². The molecule has 1 aliphatic rings. The number of aromatic carboxylic acids is 1. The summed E-state index contributed by atoms with van der Waals surface area (Å²) >= 11 is 0. The Labute approximate surface area is 129 Å². The number of nitrogens with zero attached hydrogens (tertiary/aromatic N) is 2. The van der Waals surface area contributed by atoms with Crippen LogP contribution in [0.4, 0.5) is 19.0 Å². The van der Waals surface area contributed by atoms with Crippen LogP contribution in [0, 0.1) is 6.92 Å². The summed E-state index contributed by atoms with van der Waals surface area (Å²) in [6.45, 7) is 1.87. The van der Waals surface area contributed by atoms with Crippen molar-refractivity contribution in [3.8, 4) is 0 Å². The molecule has 0 amide bonds. The summed E-state index contributed by atoms with van der Waals surface area (Å²) in [5, 5.41) is 17.5. The lowest BCUT2D eigenvalue weighted by atomic mass is 9.96. The number of fused-ring (bicyclic) bond motifs is 1. The van der Waals surface area contributed by atoms with Crippen molar-refractivity contribution in [1.82, 2.24) is 9.78 Å². The first-order chi connectivity index (χ1) is 10.8. The van der Waals surface area contributed by atoms with Gasteiger partial charge in [0.15, 0.2) is 6.04 Å². The van der Waals surface area contributed by atoms with Crippen molar-refractivity contribution in [3.63, 3.8) is 0 Å². The zero-order valence-corrected chi connectivity index (χ0v) is 12.1. The molecule has 3 rings (SSSR count). The molecule has 2 aromatic rings. The lowest BCUT2D eigenvalue weighted by molar-refractivity contribution is -0.255. The number of benzene rings is 1. The van der Waals surface area contributed by atoms with Crippen molar-refractivity contribution in [3.05, 3.63) is 47.2 Å². The maximum atomic E-state index is 13.3. The molecule has 5 nitrogen and oxygen atoms in total. The number of halogens is 3. The van der Waals surface area contributed by atoms with Gasteiger partial charge in [-0.25, -0.2) is 4.68 Å². The standard InChI is InChI=1S/C15H14F3N3O2/c1-8-2-4-9(5-3-8)11-6-12(15(16,17)18)21-13(20-11)10(7-19-21)14(22)23/h2-5,7,11-12,20H,6H2,1H3,(H,22,23)/p-1/t11-,12+/m0/s1. The number of carbonyl (C=O) groups is 1. The lowest BCUT2D eigenvalue weighted by Gasteiger charge is -2.34. The number of carboxylic acids is 1. The zero-order chi connectivity index (χ0) is 16.8. The molecule has 0 unspecified atom stereocenters. The minimum absolute atomic E-state index is 0.177. The van der Waals surface area contributed by atoms with Gasteiger partial charge in [-0.05, 0) is 12.5 Å². The third-order valence-corrected chi connectivity index (χ3v) is 3.94. The topological polar surface area (TPSA) is 70.0 Å². The van der Waals surface area contributed by atoms with Crippen LogP contribution in [0.1, 0.15) is 40.0 Å². The predicted octanol–water partition coefficient (Wildman–Crippen LogP) is 2.22. The van der Waals surface area contributed by atoms with Crippen LogP contribution in [0.2, 0.25) is 0 Å². The van der Waals surface area contributed by atoms with E-state index in [1.807, 2.05) is 6.92 Å². The van der Waals surface area contributed by atoms with E-state index in [-0.39, 0.29) is 17.8 Å². The van der Waals surface area contributed by atoms with E-state index in [0.29, 0.717) is 10.2 Å². The molecule has 2 heterocycles. The van der Waals surface area contributed by atoms with Gasteiger partial charge in [-0.3, -0.25) is 0 Å². The molecule has 23 heavy (non-hydrogen) atoms. The van der Waals surface area contributed by atoms with E-state index in [2.05, 4.69) is 10.4 Å². The highest BCUT2D eigenvalue weighted by atomic mass is 19.4. The maximum Gasteiger partial charge on any atom is 0.410 e. The second-order valence-corrected chi connectivity index (χ2v) is 5.54. The number of rotatable bonds is 2. The Kier molecular flexibility index (Phi) is 3.54. The Bertz CT molecular complexity index is 737. The summed E-state index contributed by atoms with van der Waals surface area (Å²) in [5.74, 6) is -1.74. The Morgan fingerprint density at radius 3 is 2.57 bits per heavy atom. The number of nitrogens with one attached hydrogen (secondary N) is 1. The fraction of sp³-hybridized carbons (Fsp3) is 0.333. The van der Waals surface area contributed by atoms with Gasteiger partial charge in [-0.15, -0.1) is 0 Å². The minimum atomic E-state index is -4.53. The van der Waals surface area contributed by atoms with E-state index in [0.717, 1.165) is 11.8 Å². The summed E-state index contributed by atoms with van der Waals surface area (Å²) in [7, 11) is 0. The molecule has 2 atom stereocenters. The highest BCUT2D eigenvalue weighted by Gasteiger charge is 2.46. The number of aromatic nitrogens is 2. The van der Waals surface area contributed by atoms with Gasteiger partial charge in [-0.2, -0.15) is 18.3 Å². The van der Waals surface area contributed by atoms with Gasteiger partial charge < -0.3 is 15.2 Å². The van der Waals surface area contributed by atoms with Gasteiger partial charge in [0.25, 0.3) is 0 Å². The molecule has 0 saturated carbocycles. The van der Waals surface area contributed by atoms with Crippen LogP contribution in [-0.2, 0) is 0 Å². The maximum absolute atomic E-state index is 13.3. The van der Waals surface area contributed by atoms with Crippen LogP contribution in [0.25, 0.3) is 0 Å². The van der Waals surface area contributed by atoms with Gasteiger partial charge in [0, 0.05) is 6.42 Å². The van der Waals surface area contributed by atoms with Crippen LogP contribution in [0.3, 0.4) is 0 Å². The number of carboxylic acid groups (broad SMARTS) is 1. The number of carbonyl (C=O) groups excluding carboxylic acids is 1. The molecule has 1 aromatic heterocycles. The molecule has 0 fully saturated rings. The first-order valence-electron chi connectivity index (χ1n) is 6.96. The van der Waals surface area contributed by atoms with E-state index < -0.39 is 24.2 Å². The van der Waals surface area contributed by atoms with Crippen LogP contribution in [0.5, 0.6) is 0 Å². The largest absolute Gasteiger partial charge is 0.545 e. The van der Waals surface area contributed by atoms with Crippen molar-refractivity contribution in [1.29, 1.82) is 0 Å². The second kappa shape index (κ2) is 5.29. The van der Waals surface area contributed by atoms with Crippen molar-refractivity contribution >= 4 is 11.8 Å². The Balaban J connectivity index is 2.05. The zero-order valence-electron chi connectivity index (χ0n) is 12.1. The number of hydrogen-bond donors (Lipinski definition) is 1.